The fourth-order valence-electron chi connectivity index (χ4n) is 1.30. The van der Waals surface area contributed by atoms with Crippen LogP contribution in [0.2, 0.25) is 0 Å². The average Bonchev–Trinajstić information content (AvgIpc) is 2.23. The maximum atomic E-state index is 13.1. The molecule has 0 radical (unpaired) electrons. The molecule has 2 N–H and O–H groups in total. The standard InChI is InChI=1S/C12H13BrFNO/c1-3-4-5-15-8(2)9-6-10(13)11(14)7-12(9)16/h6-8,15-16H,5H2,1-2H3. The van der Waals surface area contributed by atoms with Gasteiger partial charge in [-0.3, -0.25) is 5.32 Å². The van der Waals surface area contributed by atoms with Gasteiger partial charge in [-0.1, -0.05) is 5.92 Å². The Kier molecular flexibility index (Phi) is 4.78. The lowest BCUT2D eigenvalue weighted by Gasteiger charge is -2.14. The van der Waals surface area contributed by atoms with E-state index in [9.17, 15) is 9.50 Å². The first-order chi connectivity index (χ1) is 7.56. The monoisotopic (exact) mass is 285 g/mol. The minimum Gasteiger partial charge on any atom is -0.508 e. The van der Waals surface area contributed by atoms with Crippen molar-refractivity contribution in [3.63, 3.8) is 0 Å². The number of hydrogen-bond acceptors (Lipinski definition) is 2. The fraction of sp³-hybridized carbons (Fsp3) is 0.333. The minimum atomic E-state index is -0.471. The van der Waals surface area contributed by atoms with Crippen LogP contribution in [0.4, 0.5) is 4.39 Å². The topological polar surface area (TPSA) is 32.3 Å². The van der Waals surface area contributed by atoms with Crippen molar-refractivity contribution < 1.29 is 9.50 Å². The fourth-order valence-corrected chi connectivity index (χ4v) is 1.66. The second-order valence-corrected chi connectivity index (χ2v) is 4.21. The lowest BCUT2D eigenvalue weighted by atomic mass is 10.1. The highest BCUT2D eigenvalue weighted by Gasteiger charge is 2.12. The quantitative estimate of drug-likeness (QED) is 0.837. The molecule has 0 aromatic heterocycles. The van der Waals surface area contributed by atoms with E-state index in [-0.39, 0.29) is 11.8 Å². The first kappa shape index (κ1) is 13.0. The van der Waals surface area contributed by atoms with Crippen molar-refractivity contribution in [1.29, 1.82) is 0 Å². The van der Waals surface area contributed by atoms with E-state index in [2.05, 4.69) is 33.1 Å². The molecule has 0 aliphatic heterocycles. The average molecular weight is 286 g/mol. The van der Waals surface area contributed by atoms with Crippen LogP contribution in [-0.4, -0.2) is 11.7 Å². The highest BCUT2D eigenvalue weighted by atomic mass is 79.9. The first-order valence-electron chi connectivity index (χ1n) is 4.87. The summed E-state index contributed by atoms with van der Waals surface area (Å²) in [7, 11) is 0. The summed E-state index contributed by atoms with van der Waals surface area (Å²) in [5, 5.41) is 12.7. The molecule has 4 heteroatoms. The summed E-state index contributed by atoms with van der Waals surface area (Å²) in [4.78, 5) is 0. The SMILES string of the molecule is CC#CCNC(C)c1cc(Br)c(F)cc1O. The third-order valence-electron chi connectivity index (χ3n) is 2.21. The number of aromatic hydroxyl groups is 1. The summed E-state index contributed by atoms with van der Waals surface area (Å²) in [6, 6.07) is 2.59. The normalized spacial score (nSPS) is 11.8. The third kappa shape index (κ3) is 3.22. The Morgan fingerprint density at radius 3 is 2.88 bits per heavy atom. The van der Waals surface area contributed by atoms with Crippen LogP contribution in [0.1, 0.15) is 25.5 Å². The van der Waals surface area contributed by atoms with Crippen molar-refractivity contribution in [2.75, 3.05) is 6.54 Å². The van der Waals surface area contributed by atoms with Crippen molar-refractivity contribution in [1.82, 2.24) is 5.32 Å². The molecule has 0 aliphatic carbocycles. The maximum absolute atomic E-state index is 13.1. The van der Waals surface area contributed by atoms with Crippen LogP contribution >= 0.6 is 15.9 Å². The zero-order chi connectivity index (χ0) is 12.1. The van der Waals surface area contributed by atoms with E-state index in [1.54, 1.807) is 13.0 Å². The molecule has 0 heterocycles. The van der Waals surface area contributed by atoms with Crippen molar-refractivity contribution in [2.45, 2.75) is 19.9 Å². The summed E-state index contributed by atoms with van der Waals surface area (Å²) in [5.74, 6) is 5.11. The molecule has 0 saturated carbocycles. The van der Waals surface area contributed by atoms with Crippen LogP contribution in [0.3, 0.4) is 0 Å². The number of benzene rings is 1. The van der Waals surface area contributed by atoms with Gasteiger partial charge in [-0.25, -0.2) is 4.39 Å². The predicted octanol–water partition coefficient (Wildman–Crippen LogP) is 2.97. The van der Waals surface area contributed by atoms with Gasteiger partial charge in [0.05, 0.1) is 11.0 Å². The molecule has 16 heavy (non-hydrogen) atoms. The Bertz CT molecular complexity index is 437. The zero-order valence-corrected chi connectivity index (χ0v) is 10.7. The molecule has 1 unspecified atom stereocenters. The highest BCUT2D eigenvalue weighted by Crippen LogP contribution is 2.29. The van der Waals surface area contributed by atoms with E-state index >= 15 is 0 Å². The Morgan fingerprint density at radius 1 is 1.56 bits per heavy atom. The number of nitrogens with one attached hydrogen (secondary N) is 1. The number of rotatable bonds is 3. The number of halogens is 2. The van der Waals surface area contributed by atoms with Crippen molar-refractivity contribution in [3.05, 3.63) is 28.0 Å². The van der Waals surface area contributed by atoms with Gasteiger partial charge in [-0.2, -0.15) is 0 Å². The molecule has 0 spiro atoms. The van der Waals surface area contributed by atoms with Crippen LogP contribution in [0, 0.1) is 17.7 Å². The van der Waals surface area contributed by atoms with Crippen LogP contribution in [-0.2, 0) is 0 Å². The maximum Gasteiger partial charge on any atom is 0.141 e. The second-order valence-electron chi connectivity index (χ2n) is 3.35. The van der Waals surface area contributed by atoms with Gasteiger partial charge in [-0.05, 0) is 35.8 Å². The summed E-state index contributed by atoms with van der Waals surface area (Å²) in [6.45, 7) is 4.18. The van der Waals surface area contributed by atoms with Gasteiger partial charge < -0.3 is 5.11 Å². The van der Waals surface area contributed by atoms with Crippen LogP contribution in [0.25, 0.3) is 0 Å². The molecule has 1 aromatic rings. The van der Waals surface area contributed by atoms with Gasteiger partial charge in [0, 0.05) is 17.7 Å². The first-order valence-corrected chi connectivity index (χ1v) is 5.66. The minimum absolute atomic E-state index is 0.0508. The smallest absolute Gasteiger partial charge is 0.141 e. The van der Waals surface area contributed by atoms with E-state index in [1.807, 2.05) is 6.92 Å². The molecule has 1 aromatic carbocycles. The highest BCUT2D eigenvalue weighted by molar-refractivity contribution is 9.10. The molecule has 0 amide bonds. The van der Waals surface area contributed by atoms with Gasteiger partial charge in [0.2, 0.25) is 0 Å². The number of phenols is 1. The van der Waals surface area contributed by atoms with Crippen LogP contribution in [0.15, 0.2) is 16.6 Å². The Labute approximate surface area is 103 Å². The Hall–Kier alpha value is -1.05. The van der Waals surface area contributed by atoms with E-state index in [4.69, 9.17) is 0 Å². The molecule has 0 aliphatic rings. The largest absolute Gasteiger partial charge is 0.508 e. The molecule has 0 bridgehead atoms. The van der Waals surface area contributed by atoms with Crippen LogP contribution < -0.4 is 5.32 Å². The molecular formula is C12H13BrFNO. The molecule has 2 nitrogen and oxygen atoms in total. The van der Waals surface area contributed by atoms with E-state index < -0.39 is 5.82 Å². The lowest BCUT2D eigenvalue weighted by molar-refractivity contribution is 0.449. The summed E-state index contributed by atoms with van der Waals surface area (Å²) in [6.07, 6.45) is 0. The van der Waals surface area contributed by atoms with Crippen molar-refractivity contribution in [3.8, 4) is 17.6 Å². The van der Waals surface area contributed by atoms with Gasteiger partial charge >= 0.3 is 0 Å². The van der Waals surface area contributed by atoms with E-state index in [0.29, 0.717) is 16.6 Å². The summed E-state index contributed by atoms with van der Waals surface area (Å²) in [5.41, 5.74) is 0.645. The van der Waals surface area contributed by atoms with Gasteiger partial charge in [-0.15, -0.1) is 5.92 Å². The van der Waals surface area contributed by atoms with Crippen molar-refractivity contribution in [2.24, 2.45) is 0 Å². The van der Waals surface area contributed by atoms with Gasteiger partial charge in [0.25, 0.3) is 0 Å². The molecule has 1 rings (SSSR count). The number of hydrogen-bond donors (Lipinski definition) is 2. The number of phenolic OH excluding ortho intramolecular Hbond substituents is 1. The molecule has 0 saturated heterocycles. The molecular weight excluding hydrogens is 273 g/mol. The summed E-state index contributed by atoms with van der Waals surface area (Å²) < 4.78 is 13.4. The predicted molar refractivity (Wildman–Crippen MR) is 65.6 cm³/mol. The van der Waals surface area contributed by atoms with Gasteiger partial charge in [0.1, 0.15) is 11.6 Å². The zero-order valence-electron chi connectivity index (χ0n) is 9.14. The Balaban J connectivity index is 2.85. The third-order valence-corrected chi connectivity index (χ3v) is 2.82. The van der Waals surface area contributed by atoms with E-state index in [0.717, 1.165) is 6.07 Å². The van der Waals surface area contributed by atoms with Crippen LogP contribution in [0.5, 0.6) is 5.75 Å². The molecule has 86 valence electrons. The second kappa shape index (κ2) is 5.88. The Morgan fingerprint density at radius 2 is 2.25 bits per heavy atom. The van der Waals surface area contributed by atoms with Crippen molar-refractivity contribution >= 4 is 15.9 Å². The van der Waals surface area contributed by atoms with E-state index in [1.165, 1.54) is 0 Å². The molecule has 1 atom stereocenters. The molecule has 0 fully saturated rings. The van der Waals surface area contributed by atoms with Gasteiger partial charge in [0.15, 0.2) is 0 Å². The lowest BCUT2D eigenvalue weighted by Crippen LogP contribution is -2.19. The summed E-state index contributed by atoms with van der Waals surface area (Å²) >= 11 is 3.09.